The highest BCUT2D eigenvalue weighted by Gasteiger charge is 2.15. The maximum absolute atomic E-state index is 11.2. The normalized spacial score (nSPS) is 10.9. The average molecular weight is 300 g/mol. The molecule has 0 aromatic carbocycles. The first-order valence-corrected chi connectivity index (χ1v) is 7.03. The van der Waals surface area contributed by atoms with Gasteiger partial charge in [-0.1, -0.05) is 13.8 Å². The minimum atomic E-state index is -0.408. The van der Waals surface area contributed by atoms with E-state index in [1.807, 2.05) is 13.8 Å². The van der Waals surface area contributed by atoms with Crippen molar-refractivity contribution in [3.05, 3.63) is 5.82 Å². The van der Waals surface area contributed by atoms with E-state index in [-0.39, 0.29) is 12.5 Å². The second-order valence-electron chi connectivity index (χ2n) is 3.87. The van der Waals surface area contributed by atoms with Gasteiger partial charge < -0.3 is 4.74 Å². The van der Waals surface area contributed by atoms with Gasteiger partial charge in [-0.05, 0) is 33.7 Å². The summed E-state index contributed by atoms with van der Waals surface area (Å²) in [6.45, 7) is 4.03. The lowest BCUT2D eigenvalue weighted by Gasteiger charge is -2.00. The van der Waals surface area contributed by atoms with E-state index in [0.717, 1.165) is 10.2 Å². The Hall–Kier alpha value is -1.55. The van der Waals surface area contributed by atoms with Gasteiger partial charge in [-0.2, -0.15) is 4.37 Å². The summed E-state index contributed by atoms with van der Waals surface area (Å²) in [4.78, 5) is 15.6. The summed E-state index contributed by atoms with van der Waals surface area (Å²) in [6, 6.07) is 0. The first-order valence-electron chi connectivity index (χ1n) is 5.44. The molecule has 0 amide bonds. The van der Waals surface area contributed by atoms with E-state index in [9.17, 15) is 4.79 Å². The molecular weight excluding hydrogens is 288 g/mol. The molecule has 0 saturated carbocycles. The van der Waals surface area contributed by atoms with Crippen molar-refractivity contribution in [2.24, 2.45) is 0 Å². The first-order chi connectivity index (χ1) is 9.10. The van der Waals surface area contributed by atoms with Crippen LogP contribution in [-0.2, 0) is 16.1 Å². The highest BCUT2D eigenvalue weighted by Crippen LogP contribution is 2.28. The zero-order valence-electron chi connectivity index (χ0n) is 10.6. The SMILES string of the molecule is COC(=O)Cn1nnnc1Sc1nc(C(C)C)ns1. The van der Waals surface area contributed by atoms with E-state index in [1.54, 1.807) is 0 Å². The van der Waals surface area contributed by atoms with Crippen molar-refractivity contribution in [3.8, 4) is 0 Å². The summed E-state index contributed by atoms with van der Waals surface area (Å²) in [5, 5.41) is 11.6. The van der Waals surface area contributed by atoms with Crippen LogP contribution < -0.4 is 0 Å². The fourth-order valence-corrected chi connectivity index (χ4v) is 2.75. The number of carbonyl (C=O) groups is 1. The quantitative estimate of drug-likeness (QED) is 0.754. The van der Waals surface area contributed by atoms with Crippen LogP contribution in [0.3, 0.4) is 0 Å². The minimum absolute atomic E-state index is 0.0261. The zero-order valence-corrected chi connectivity index (χ0v) is 12.2. The van der Waals surface area contributed by atoms with Gasteiger partial charge in [0, 0.05) is 5.92 Å². The number of carbonyl (C=O) groups excluding carboxylic acids is 1. The average Bonchev–Trinajstić information content (AvgIpc) is 3.00. The molecule has 2 heterocycles. The van der Waals surface area contributed by atoms with Crippen LogP contribution in [0.15, 0.2) is 9.50 Å². The lowest BCUT2D eigenvalue weighted by molar-refractivity contribution is -0.141. The van der Waals surface area contributed by atoms with Crippen LogP contribution >= 0.6 is 23.3 Å². The molecule has 0 spiro atoms. The predicted octanol–water partition coefficient (Wildman–Crippen LogP) is 0.972. The molecule has 10 heteroatoms. The minimum Gasteiger partial charge on any atom is -0.468 e. The molecule has 0 atom stereocenters. The highest BCUT2D eigenvalue weighted by molar-refractivity contribution is 8.00. The Morgan fingerprint density at radius 3 is 2.95 bits per heavy atom. The summed E-state index contributed by atoms with van der Waals surface area (Å²) in [5.41, 5.74) is 0. The molecule has 8 nitrogen and oxygen atoms in total. The van der Waals surface area contributed by atoms with Crippen molar-refractivity contribution in [1.82, 2.24) is 29.6 Å². The number of hydrogen-bond acceptors (Lipinski definition) is 9. The molecule has 0 saturated heterocycles. The Morgan fingerprint density at radius 1 is 1.53 bits per heavy atom. The first kappa shape index (κ1) is 13.9. The van der Waals surface area contributed by atoms with Crippen LogP contribution in [-0.4, -0.2) is 42.6 Å². The van der Waals surface area contributed by atoms with Crippen LogP contribution in [0.2, 0.25) is 0 Å². The van der Waals surface area contributed by atoms with Crippen LogP contribution in [0, 0.1) is 0 Å². The largest absolute Gasteiger partial charge is 0.468 e. The van der Waals surface area contributed by atoms with Crippen LogP contribution in [0.1, 0.15) is 25.6 Å². The van der Waals surface area contributed by atoms with Crippen molar-refractivity contribution in [1.29, 1.82) is 0 Å². The summed E-state index contributed by atoms with van der Waals surface area (Å²) < 4.78 is 10.9. The molecule has 2 rings (SSSR count). The molecule has 19 heavy (non-hydrogen) atoms. The molecule has 102 valence electrons. The monoisotopic (exact) mass is 300 g/mol. The van der Waals surface area contributed by atoms with E-state index < -0.39 is 5.97 Å². The van der Waals surface area contributed by atoms with Crippen LogP contribution in [0.5, 0.6) is 0 Å². The van der Waals surface area contributed by atoms with E-state index in [2.05, 4.69) is 29.6 Å². The van der Waals surface area contributed by atoms with Crippen molar-refractivity contribution in [2.75, 3.05) is 7.11 Å². The number of hydrogen-bond donors (Lipinski definition) is 0. The number of methoxy groups -OCH3 is 1. The molecule has 0 fully saturated rings. The van der Waals surface area contributed by atoms with Crippen molar-refractivity contribution in [3.63, 3.8) is 0 Å². The van der Waals surface area contributed by atoms with Crippen LogP contribution in [0.25, 0.3) is 0 Å². The maximum atomic E-state index is 11.2. The van der Waals surface area contributed by atoms with Gasteiger partial charge in [-0.15, -0.1) is 5.10 Å². The molecule has 0 N–H and O–H groups in total. The number of rotatable bonds is 5. The summed E-state index contributed by atoms with van der Waals surface area (Å²) >= 11 is 2.56. The van der Waals surface area contributed by atoms with Gasteiger partial charge in [-0.25, -0.2) is 9.67 Å². The van der Waals surface area contributed by atoms with Gasteiger partial charge in [0.05, 0.1) is 7.11 Å². The molecule has 2 aromatic rings. The van der Waals surface area contributed by atoms with Gasteiger partial charge in [-0.3, -0.25) is 4.79 Å². The van der Waals surface area contributed by atoms with Gasteiger partial charge in [0.2, 0.25) is 5.16 Å². The number of nitrogens with zero attached hydrogens (tertiary/aromatic N) is 6. The lowest BCUT2D eigenvalue weighted by Crippen LogP contribution is -2.13. The van der Waals surface area contributed by atoms with Crippen molar-refractivity contribution < 1.29 is 9.53 Å². The van der Waals surface area contributed by atoms with E-state index in [4.69, 9.17) is 0 Å². The van der Waals surface area contributed by atoms with Gasteiger partial charge in [0.1, 0.15) is 12.4 Å². The van der Waals surface area contributed by atoms with Gasteiger partial charge >= 0.3 is 5.97 Å². The standard InChI is InChI=1S/C9H12N6O2S2/c1-5(2)7-10-9(19-12-7)18-8-11-13-14-15(8)4-6(16)17-3/h5H,4H2,1-3H3. The number of aromatic nitrogens is 6. The molecule has 0 aliphatic carbocycles. The maximum Gasteiger partial charge on any atom is 0.327 e. The van der Waals surface area contributed by atoms with Crippen LogP contribution in [0.4, 0.5) is 0 Å². The molecule has 2 aromatic heterocycles. The lowest BCUT2D eigenvalue weighted by atomic mass is 10.2. The summed E-state index contributed by atoms with van der Waals surface area (Å²) in [7, 11) is 1.32. The third-order valence-corrected chi connectivity index (χ3v) is 3.86. The summed E-state index contributed by atoms with van der Waals surface area (Å²) in [6.07, 6.45) is 0. The fraction of sp³-hybridized carbons (Fsp3) is 0.556. The number of esters is 1. The molecular formula is C9H12N6O2S2. The Morgan fingerprint density at radius 2 is 2.32 bits per heavy atom. The predicted molar refractivity (Wildman–Crippen MR) is 68.0 cm³/mol. The molecule has 0 radical (unpaired) electrons. The second-order valence-corrected chi connectivity index (χ2v) is 5.84. The zero-order chi connectivity index (χ0) is 13.8. The molecule has 0 unspecified atom stereocenters. The Kier molecular flexibility index (Phi) is 4.43. The van der Waals surface area contributed by atoms with E-state index in [0.29, 0.717) is 5.16 Å². The topological polar surface area (TPSA) is 95.7 Å². The smallest absolute Gasteiger partial charge is 0.327 e. The Labute approximate surface area is 117 Å². The van der Waals surface area contributed by atoms with Gasteiger partial charge in [0.15, 0.2) is 4.34 Å². The third-order valence-electron chi connectivity index (χ3n) is 2.12. The Balaban J connectivity index is 2.10. The molecule has 0 aliphatic rings. The summed E-state index contributed by atoms with van der Waals surface area (Å²) in [5.74, 6) is 0.658. The number of tetrazole rings is 1. The third kappa shape index (κ3) is 3.47. The van der Waals surface area contributed by atoms with Crippen molar-refractivity contribution >= 4 is 29.3 Å². The molecule has 0 aliphatic heterocycles. The number of ether oxygens (including phenoxy) is 1. The molecule has 0 bridgehead atoms. The van der Waals surface area contributed by atoms with E-state index >= 15 is 0 Å². The fourth-order valence-electron chi connectivity index (χ4n) is 1.13. The Bertz CT molecular complexity index is 567. The second kappa shape index (κ2) is 6.06. The van der Waals surface area contributed by atoms with E-state index in [1.165, 1.54) is 35.1 Å². The van der Waals surface area contributed by atoms with Crippen molar-refractivity contribution in [2.45, 2.75) is 35.8 Å². The highest BCUT2D eigenvalue weighted by atomic mass is 32.2. The van der Waals surface area contributed by atoms with Gasteiger partial charge in [0.25, 0.3) is 0 Å².